The fourth-order valence-electron chi connectivity index (χ4n) is 3.38. The van der Waals surface area contributed by atoms with Crippen molar-refractivity contribution in [3.63, 3.8) is 0 Å². The molecule has 0 aromatic heterocycles. The Balaban J connectivity index is 1.67. The van der Waals surface area contributed by atoms with E-state index in [4.69, 9.17) is 11.6 Å². The molecule has 9 heteroatoms. The van der Waals surface area contributed by atoms with Gasteiger partial charge in [-0.1, -0.05) is 29.8 Å². The van der Waals surface area contributed by atoms with E-state index in [2.05, 4.69) is 21.8 Å². The Kier molecular flexibility index (Phi) is 8.05. The first-order chi connectivity index (χ1) is 14.4. The summed E-state index contributed by atoms with van der Waals surface area (Å²) in [4.78, 5) is 17.3. The molecule has 0 bridgehead atoms. The predicted octanol–water partition coefficient (Wildman–Crippen LogP) is 3.09. The summed E-state index contributed by atoms with van der Waals surface area (Å²) in [5.41, 5.74) is 1.13. The van der Waals surface area contributed by atoms with Crippen LogP contribution in [0.2, 0.25) is 5.02 Å². The highest BCUT2D eigenvalue weighted by Gasteiger charge is 2.31. The maximum Gasteiger partial charge on any atom is 0.241 e. The van der Waals surface area contributed by atoms with Gasteiger partial charge in [0.2, 0.25) is 15.9 Å². The molecule has 3 rings (SSSR count). The standard InChI is InChI=1S/C21H26ClN3O3S2/c1-29-16-11-20(23-30(27,28)19-9-7-17(22)8-10-19)21(26)25-14-12-24(13-15-25)18-5-3-2-4-6-18/h2-10,20,23H,11-16H2,1H3/t20-/m0/s1. The van der Waals surface area contributed by atoms with Crippen LogP contribution in [0.4, 0.5) is 5.69 Å². The van der Waals surface area contributed by atoms with Crippen LogP contribution in [-0.2, 0) is 14.8 Å². The fourth-order valence-corrected chi connectivity index (χ4v) is 5.20. The van der Waals surface area contributed by atoms with Gasteiger partial charge in [0, 0.05) is 36.9 Å². The number of piperazine rings is 1. The molecule has 1 aliphatic rings. The van der Waals surface area contributed by atoms with Crippen molar-refractivity contribution < 1.29 is 13.2 Å². The van der Waals surface area contributed by atoms with Crippen molar-refractivity contribution in [3.8, 4) is 0 Å². The molecule has 0 aliphatic carbocycles. The summed E-state index contributed by atoms with van der Waals surface area (Å²) in [5.74, 6) is 0.512. The van der Waals surface area contributed by atoms with Crippen molar-refractivity contribution in [3.05, 3.63) is 59.6 Å². The minimum atomic E-state index is -3.82. The van der Waals surface area contributed by atoms with Gasteiger partial charge in [-0.15, -0.1) is 0 Å². The molecular weight excluding hydrogens is 442 g/mol. The molecule has 1 atom stereocenters. The maximum absolute atomic E-state index is 13.2. The van der Waals surface area contributed by atoms with Gasteiger partial charge in [0.15, 0.2) is 0 Å². The van der Waals surface area contributed by atoms with Crippen LogP contribution < -0.4 is 9.62 Å². The van der Waals surface area contributed by atoms with Gasteiger partial charge in [0.1, 0.15) is 6.04 Å². The van der Waals surface area contributed by atoms with E-state index in [0.29, 0.717) is 30.3 Å². The summed E-state index contributed by atoms with van der Waals surface area (Å²) in [6.45, 7) is 2.56. The van der Waals surface area contributed by atoms with Gasteiger partial charge >= 0.3 is 0 Å². The molecule has 1 saturated heterocycles. The van der Waals surface area contributed by atoms with Crippen molar-refractivity contribution in [1.82, 2.24) is 9.62 Å². The van der Waals surface area contributed by atoms with E-state index in [0.717, 1.165) is 18.8 Å². The smallest absolute Gasteiger partial charge is 0.241 e. The van der Waals surface area contributed by atoms with Gasteiger partial charge in [-0.25, -0.2) is 8.42 Å². The number of rotatable bonds is 8. The van der Waals surface area contributed by atoms with Crippen LogP contribution in [-0.4, -0.2) is 63.5 Å². The molecule has 1 fully saturated rings. The zero-order chi connectivity index (χ0) is 21.6. The average Bonchev–Trinajstić information content (AvgIpc) is 2.77. The first-order valence-electron chi connectivity index (χ1n) is 9.76. The van der Waals surface area contributed by atoms with Crippen molar-refractivity contribution in [2.24, 2.45) is 0 Å². The third-order valence-corrected chi connectivity index (χ3v) is 7.43. The zero-order valence-corrected chi connectivity index (χ0v) is 19.2. The van der Waals surface area contributed by atoms with Crippen molar-refractivity contribution in [2.45, 2.75) is 17.4 Å². The number of carbonyl (C=O) groups is 1. The number of nitrogens with one attached hydrogen (secondary N) is 1. The van der Waals surface area contributed by atoms with Gasteiger partial charge in [0.25, 0.3) is 0 Å². The minimum Gasteiger partial charge on any atom is -0.368 e. The molecule has 30 heavy (non-hydrogen) atoms. The van der Waals surface area contributed by atoms with E-state index in [1.54, 1.807) is 16.7 Å². The third-order valence-electron chi connectivity index (χ3n) is 5.04. The lowest BCUT2D eigenvalue weighted by molar-refractivity contribution is -0.133. The number of thioether (sulfide) groups is 1. The number of nitrogens with zero attached hydrogens (tertiary/aromatic N) is 2. The monoisotopic (exact) mass is 467 g/mol. The Morgan fingerprint density at radius 1 is 1.07 bits per heavy atom. The second-order valence-corrected chi connectivity index (χ2v) is 10.2. The van der Waals surface area contributed by atoms with E-state index in [-0.39, 0.29) is 10.8 Å². The van der Waals surface area contributed by atoms with E-state index >= 15 is 0 Å². The number of anilines is 1. The van der Waals surface area contributed by atoms with E-state index in [9.17, 15) is 13.2 Å². The SMILES string of the molecule is CSCC[C@H](NS(=O)(=O)c1ccc(Cl)cc1)C(=O)N1CCN(c2ccccc2)CC1. The molecule has 2 aromatic carbocycles. The van der Waals surface area contributed by atoms with Gasteiger partial charge in [-0.2, -0.15) is 16.5 Å². The Morgan fingerprint density at radius 2 is 1.70 bits per heavy atom. The normalized spacial score (nSPS) is 15.8. The van der Waals surface area contributed by atoms with Crippen LogP contribution in [0.25, 0.3) is 0 Å². The maximum atomic E-state index is 13.2. The largest absolute Gasteiger partial charge is 0.368 e. The summed E-state index contributed by atoms with van der Waals surface area (Å²) in [6.07, 6.45) is 2.37. The fraction of sp³-hybridized carbons (Fsp3) is 0.381. The first-order valence-corrected chi connectivity index (χ1v) is 13.0. The molecule has 0 unspecified atom stereocenters. The lowest BCUT2D eigenvalue weighted by atomic mass is 10.2. The van der Waals surface area contributed by atoms with Crippen LogP contribution in [0, 0.1) is 0 Å². The third kappa shape index (κ3) is 5.91. The van der Waals surface area contributed by atoms with E-state index in [1.807, 2.05) is 24.5 Å². The number of halogens is 1. The molecular formula is C21H26ClN3O3S2. The second kappa shape index (κ2) is 10.5. The topological polar surface area (TPSA) is 69.7 Å². The van der Waals surface area contributed by atoms with Gasteiger partial charge < -0.3 is 9.80 Å². The predicted molar refractivity (Wildman–Crippen MR) is 124 cm³/mol. The van der Waals surface area contributed by atoms with Crippen LogP contribution in [0.5, 0.6) is 0 Å². The number of sulfonamides is 1. The number of hydrogen-bond donors (Lipinski definition) is 1. The van der Waals surface area contributed by atoms with Crippen LogP contribution in [0.15, 0.2) is 59.5 Å². The van der Waals surface area contributed by atoms with Crippen LogP contribution in [0.3, 0.4) is 0 Å². The molecule has 1 aliphatic heterocycles. The summed E-state index contributed by atoms with van der Waals surface area (Å²) >= 11 is 7.45. The summed E-state index contributed by atoms with van der Waals surface area (Å²) in [6, 6.07) is 15.2. The number of benzene rings is 2. The number of carbonyl (C=O) groups excluding carboxylic acids is 1. The van der Waals surface area contributed by atoms with Crippen molar-refractivity contribution >= 4 is 45.0 Å². The molecule has 1 amide bonds. The zero-order valence-electron chi connectivity index (χ0n) is 16.8. The summed E-state index contributed by atoms with van der Waals surface area (Å²) in [7, 11) is -3.82. The molecule has 0 spiro atoms. The van der Waals surface area contributed by atoms with Gasteiger partial charge in [-0.05, 0) is 54.8 Å². The molecule has 6 nitrogen and oxygen atoms in total. The lowest BCUT2D eigenvalue weighted by Gasteiger charge is -2.37. The second-order valence-electron chi connectivity index (χ2n) is 7.06. The molecule has 2 aromatic rings. The average molecular weight is 468 g/mol. The lowest BCUT2D eigenvalue weighted by Crippen LogP contribution is -2.55. The Morgan fingerprint density at radius 3 is 2.30 bits per heavy atom. The summed E-state index contributed by atoms with van der Waals surface area (Å²) in [5, 5.41) is 0.459. The molecule has 0 saturated carbocycles. The first kappa shape index (κ1) is 22.9. The minimum absolute atomic E-state index is 0.0998. The highest BCUT2D eigenvalue weighted by Crippen LogP contribution is 2.18. The van der Waals surface area contributed by atoms with E-state index in [1.165, 1.54) is 24.3 Å². The van der Waals surface area contributed by atoms with E-state index < -0.39 is 16.1 Å². The quantitative estimate of drug-likeness (QED) is 0.646. The summed E-state index contributed by atoms with van der Waals surface area (Å²) < 4.78 is 28.2. The Hall–Kier alpha value is -1.74. The number of para-hydroxylation sites is 1. The number of hydrogen-bond acceptors (Lipinski definition) is 5. The van der Waals surface area contributed by atoms with Gasteiger partial charge in [0.05, 0.1) is 4.90 Å². The molecule has 162 valence electrons. The highest BCUT2D eigenvalue weighted by molar-refractivity contribution is 7.98. The molecule has 1 N–H and O–H groups in total. The van der Waals surface area contributed by atoms with Crippen LogP contribution >= 0.6 is 23.4 Å². The Bertz CT molecular complexity index is 932. The number of amides is 1. The molecule has 0 radical (unpaired) electrons. The Labute approximate surface area is 187 Å². The van der Waals surface area contributed by atoms with Crippen LogP contribution in [0.1, 0.15) is 6.42 Å². The molecule has 1 heterocycles. The van der Waals surface area contributed by atoms with Gasteiger partial charge in [-0.3, -0.25) is 4.79 Å². The highest BCUT2D eigenvalue weighted by atomic mass is 35.5. The van der Waals surface area contributed by atoms with Crippen molar-refractivity contribution in [2.75, 3.05) is 43.1 Å². The van der Waals surface area contributed by atoms with Crippen molar-refractivity contribution in [1.29, 1.82) is 0 Å².